The average Bonchev–Trinajstić information content (AvgIpc) is 2.99. The van der Waals surface area contributed by atoms with Gasteiger partial charge in [0.25, 0.3) is 0 Å². The summed E-state index contributed by atoms with van der Waals surface area (Å²) in [4.78, 5) is 17.0. The van der Waals surface area contributed by atoms with Crippen LogP contribution in [0.25, 0.3) is 0 Å². The van der Waals surface area contributed by atoms with Crippen LogP contribution in [0.4, 0.5) is 4.79 Å². The SMILES string of the molecule is CN=C(NCCNS(=O)(=O)c1ccc(C)s1)NCC(C)(C)NC(=O)OC(C)(C)C. The van der Waals surface area contributed by atoms with E-state index >= 15 is 0 Å². The van der Waals surface area contributed by atoms with Crippen molar-refractivity contribution in [3.8, 4) is 0 Å². The normalized spacial score (nSPS) is 13.1. The summed E-state index contributed by atoms with van der Waals surface area (Å²) in [5, 5.41) is 8.94. The van der Waals surface area contributed by atoms with Crippen molar-refractivity contribution < 1.29 is 17.9 Å². The number of carbonyl (C=O) groups is 1. The van der Waals surface area contributed by atoms with E-state index in [-0.39, 0.29) is 6.54 Å². The van der Waals surface area contributed by atoms with Crippen LogP contribution in [0.1, 0.15) is 39.5 Å². The summed E-state index contributed by atoms with van der Waals surface area (Å²) >= 11 is 1.23. The number of hydrogen-bond acceptors (Lipinski definition) is 6. The number of aliphatic imine (C=N–C) groups is 1. The number of nitrogens with zero attached hydrogens (tertiary/aromatic N) is 1. The van der Waals surface area contributed by atoms with Gasteiger partial charge in [-0.25, -0.2) is 17.9 Å². The predicted octanol–water partition coefficient (Wildman–Crippen LogP) is 1.80. The predicted molar refractivity (Wildman–Crippen MR) is 117 cm³/mol. The summed E-state index contributed by atoms with van der Waals surface area (Å²) in [5.74, 6) is 0.496. The number of hydrogen-bond donors (Lipinski definition) is 4. The average molecular weight is 448 g/mol. The number of alkyl carbamates (subject to hydrolysis) is 1. The minimum atomic E-state index is -3.50. The number of amides is 1. The van der Waals surface area contributed by atoms with Crippen molar-refractivity contribution in [2.24, 2.45) is 4.99 Å². The first-order chi connectivity index (χ1) is 13.2. The molecule has 0 bridgehead atoms. The van der Waals surface area contributed by atoms with Crippen molar-refractivity contribution in [1.29, 1.82) is 0 Å². The fourth-order valence-electron chi connectivity index (χ4n) is 2.14. The van der Waals surface area contributed by atoms with E-state index in [2.05, 4.69) is 25.7 Å². The summed E-state index contributed by atoms with van der Waals surface area (Å²) in [5.41, 5.74) is -1.15. The fraction of sp³-hybridized carbons (Fsp3) is 0.667. The molecule has 0 saturated carbocycles. The van der Waals surface area contributed by atoms with E-state index in [1.165, 1.54) is 11.3 Å². The summed E-state index contributed by atoms with van der Waals surface area (Å²) in [7, 11) is -1.89. The number of guanidine groups is 1. The highest BCUT2D eigenvalue weighted by atomic mass is 32.2. The van der Waals surface area contributed by atoms with Gasteiger partial charge in [0.1, 0.15) is 9.81 Å². The summed E-state index contributed by atoms with van der Waals surface area (Å²) in [6.45, 7) is 11.9. The van der Waals surface area contributed by atoms with Gasteiger partial charge in [0.05, 0.1) is 5.54 Å². The maximum absolute atomic E-state index is 12.2. The topological polar surface area (TPSA) is 121 Å². The van der Waals surface area contributed by atoms with Gasteiger partial charge >= 0.3 is 6.09 Å². The van der Waals surface area contributed by atoms with E-state index in [0.717, 1.165) is 4.88 Å². The van der Waals surface area contributed by atoms with E-state index in [9.17, 15) is 13.2 Å². The molecular weight excluding hydrogens is 414 g/mol. The van der Waals surface area contributed by atoms with Crippen LogP contribution in [-0.4, -0.2) is 58.3 Å². The largest absolute Gasteiger partial charge is 0.444 e. The highest BCUT2D eigenvalue weighted by Gasteiger charge is 2.24. The first kappa shape index (κ1) is 25.2. The van der Waals surface area contributed by atoms with Gasteiger partial charge in [0, 0.05) is 31.6 Å². The Morgan fingerprint density at radius 2 is 1.79 bits per heavy atom. The van der Waals surface area contributed by atoms with Crippen molar-refractivity contribution in [3.63, 3.8) is 0 Å². The van der Waals surface area contributed by atoms with Crippen molar-refractivity contribution in [1.82, 2.24) is 20.7 Å². The molecule has 0 aliphatic carbocycles. The van der Waals surface area contributed by atoms with E-state index in [1.54, 1.807) is 40.0 Å². The second-order valence-corrected chi connectivity index (χ2v) is 11.4. The zero-order valence-corrected chi connectivity index (χ0v) is 19.8. The zero-order chi connectivity index (χ0) is 22.3. The molecule has 4 N–H and O–H groups in total. The molecule has 11 heteroatoms. The lowest BCUT2D eigenvalue weighted by atomic mass is 10.1. The molecular formula is C18H33N5O4S2. The Balaban J connectivity index is 2.41. The van der Waals surface area contributed by atoms with Crippen molar-refractivity contribution in [2.45, 2.75) is 56.9 Å². The second kappa shape index (κ2) is 10.3. The molecule has 9 nitrogen and oxygen atoms in total. The number of carbonyl (C=O) groups excluding carboxylic acids is 1. The molecule has 0 saturated heterocycles. The van der Waals surface area contributed by atoms with Crippen LogP contribution in [0.5, 0.6) is 0 Å². The molecule has 0 unspecified atom stereocenters. The first-order valence-electron chi connectivity index (χ1n) is 9.26. The molecule has 1 aromatic heterocycles. The maximum atomic E-state index is 12.2. The smallest absolute Gasteiger partial charge is 0.408 e. The minimum Gasteiger partial charge on any atom is -0.444 e. The zero-order valence-electron chi connectivity index (χ0n) is 18.2. The Hall–Kier alpha value is -1.85. The van der Waals surface area contributed by atoms with Gasteiger partial charge in [-0.1, -0.05) is 0 Å². The number of ether oxygens (including phenoxy) is 1. The molecule has 0 aliphatic rings. The van der Waals surface area contributed by atoms with E-state index in [4.69, 9.17) is 4.74 Å². The Morgan fingerprint density at radius 1 is 1.14 bits per heavy atom. The highest BCUT2D eigenvalue weighted by molar-refractivity contribution is 7.91. The van der Waals surface area contributed by atoms with Gasteiger partial charge in [0.2, 0.25) is 10.0 Å². The van der Waals surface area contributed by atoms with Crippen LogP contribution < -0.4 is 20.7 Å². The number of nitrogens with one attached hydrogen (secondary N) is 4. The number of sulfonamides is 1. The third-order valence-corrected chi connectivity index (χ3v) is 6.40. The molecule has 0 atom stereocenters. The lowest BCUT2D eigenvalue weighted by Crippen LogP contribution is -2.54. The third kappa shape index (κ3) is 9.95. The third-order valence-electron chi connectivity index (χ3n) is 3.45. The molecule has 0 aliphatic heterocycles. The Bertz CT molecular complexity index is 810. The van der Waals surface area contributed by atoms with E-state index < -0.39 is 27.3 Å². The van der Waals surface area contributed by atoms with Crippen molar-refractivity contribution in [2.75, 3.05) is 26.7 Å². The summed E-state index contributed by atoms with van der Waals surface area (Å²) in [6.07, 6.45) is -0.495. The molecule has 1 amide bonds. The van der Waals surface area contributed by atoms with Gasteiger partial charge in [0.15, 0.2) is 5.96 Å². The van der Waals surface area contributed by atoms with Crippen LogP contribution in [0.15, 0.2) is 21.3 Å². The highest BCUT2D eigenvalue weighted by Crippen LogP contribution is 2.19. The van der Waals surface area contributed by atoms with Crippen LogP contribution in [-0.2, 0) is 14.8 Å². The lowest BCUT2D eigenvalue weighted by Gasteiger charge is -2.29. The molecule has 0 fully saturated rings. The maximum Gasteiger partial charge on any atom is 0.408 e. The lowest BCUT2D eigenvalue weighted by molar-refractivity contribution is 0.0474. The molecule has 0 spiro atoms. The molecule has 0 aromatic carbocycles. The Labute approximate surface area is 177 Å². The second-order valence-electron chi connectivity index (χ2n) is 8.13. The van der Waals surface area contributed by atoms with E-state index in [0.29, 0.717) is 23.3 Å². The van der Waals surface area contributed by atoms with E-state index in [1.807, 2.05) is 20.8 Å². The molecule has 29 heavy (non-hydrogen) atoms. The summed E-state index contributed by atoms with van der Waals surface area (Å²) < 4.78 is 32.5. The van der Waals surface area contributed by atoms with Crippen molar-refractivity contribution in [3.05, 3.63) is 17.0 Å². The monoisotopic (exact) mass is 447 g/mol. The minimum absolute atomic E-state index is 0.208. The van der Waals surface area contributed by atoms with Gasteiger partial charge in [-0.3, -0.25) is 4.99 Å². The Kier molecular flexibility index (Phi) is 8.91. The van der Waals surface area contributed by atoms with Gasteiger partial charge < -0.3 is 20.7 Å². The summed E-state index contributed by atoms with van der Waals surface area (Å²) in [6, 6.07) is 3.37. The quantitative estimate of drug-likeness (QED) is 0.274. The number of rotatable bonds is 8. The molecule has 1 rings (SSSR count). The first-order valence-corrected chi connectivity index (χ1v) is 11.6. The van der Waals surface area contributed by atoms with Crippen LogP contribution in [0.3, 0.4) is 0 Å². The van der Waals surface area contributed by atoms with Gasteiger partial charge in [-0.05, 0) is 53.7 Å². The Morgan fingerprint density at radius 3 is 2.31 bits per heavy atom. The van der Waals surface area contributed by atoms with Gasteiger partial charge in [-0.2, -0.15) is 0 Å². The number of aryl methyl sites for hydroxylation is 1. The van der Waals surface area contributed by atoms with Crippen molar-refractivity contribution >= 4 is 33.4 Å². The standard InChI is InChI=1S/C18H33N5O4S2/c1-13-8-9-14(28-13)29(25,26)22-11-10-20-15(19-7)21-12-18(5,6)23-16(24)27-17(2,3)4/h8-9,22H,10-12H2,1-7H3,(H,23,24)(H2,19,20,21). The molecule has 1 heterocycles. The fourth-order valence-corrected chi connectivity index (χ4v) is 4.50. The van der Waals surface area contributed by atoms with Crippen LogP contribution in [0.2, 0.25) is 0 Å². The van der Waals surface area contributed by atoms with Crippen LogP contribution >= 0.6 is 11.3 Å². The molecule has 166 valence electrons. The van der Waals surface area contributed by atoms with Crippen LogP contribution in [0, 0.1) is 6.92 Å². The number of thiophene rings is 1. The molecule has 0 radical (unpaired) electrons. The molecule has 1 aromatic rings. The van der Waals surface area contributed by atoms with Gasteiger partial charge in [-0.15, -0.1) is 11.3 Å².